The van der Waals surface area contributed by atoms with Gasteiger partial charge in [0.2, 0.25) is 10.0 Å². The molecule has 1 atom stereocenters. The van der Waals surface area contributed by atoms with Crippen LogP contribution in [0.4, 0.5) is 4.39 Å². The molecule has 0 radical (unpaired) electrons. The van der Waals surface area contributed by atoms with Gasteiger partial charge in [-0.25, -0.2) is 17.8 Å². The van der Waals surface area contributed by atoms with Gasteiger partial charge in [0, 0.05) is 31.6 Å². The third-order valence-electron chi connectivity index (χ3n) is 5.69. The number of nitrogens with one attached hydrogen (secondary N) is 1. The highest BCUT2D eigenvalue weighted by atomic mass is 32.2. The normalized spacial score (nSPS) is 20.1. The summed E-state index contributed by atoms with van der Waals surface area (Å²) >= 11 is 0. The molecule has 8 nitrogen and oxygen atoms in total. The molecule has 10 heteroatoms. The van der Waals surface area contributed by atoms with E-state index in [4.69, 9.17) is 0 Å². The molecule has 1 N–H and O–H groups in total. The maximum absolute atomic E-state index is 13.2. The van der Waals surface area contributed by atoms with Crippen LogP contribution in [0.1, 0.15) is 52.7 Å². The number of rotatable bonds is 3. The van der Waals surface area contributed by atoms with Gasteiger partial charge in [-0.15, -0.1) is 0 Å². The Bertz CT molecular complexity index is 1130. The molecule has 1 fully saturated rings. The summed E-state index contributed by atoms with van der Waals surface area (Å²) in [6, 6.07) is 5.01. The average Bonchev–Trinajstić information content (AvgIpc) is 2.73. The Hall–Kier alpha value is -2.59. The number of sulfonamides is 1. The lowest BCUT2D eigenvalue weighted by Gasteiger charge is -2.35. The number of hydrogen-bond donors (Lipinski definition) is 1. The molecule has 0 spiro atoms. The highest BCUT2D eigenvalue weighted by Crippen LogP contribution is 2.30. The molecular weight excluding hydrogens is 411 g/mol. The predicted octanol–water partition coefficient (Wildman–Crippen LogP) is 1.59. The summed E-state index contributed by atoms with van der Waals surface area (Å²) in [6.07, 6.45) is 3.85. The van der Waals surface area contributed by atoms with Gasteiger partial charge in [0.25, 0.3) is 11.5 Å². The third kappa shape index (κ3) is 4.01. The van der Waals surface area contributed by atoms with E-state index in [0.29, 0.717) is 42.0 Å². The van der Waals surface area contributed by atoms with E-state index < -0.39 is 15.8 Å². The third-order valence-corrected chi connectivity index (χ3v) is 6.94. The van der Waals surface area contributed by atoms with Crippen molar-refractivity contribution in [2.75, 3.05) is 19.3 Å². The first-order valence-corrected chi connectivity index (χ1v) is 11.7. The van der Waals surface area contributed by atoms with Crippen LogP contribution in [-0.2, 0) is 23.0 Å². The highest BCUT2D eigenvalue weighted by Gasteiger charge is 2.33. The van der Waals surface area contributed by atoms with Crippen LogP contribution < -0.4 is 5.56 Å². The summed E-state index contributed by atoms with van der Waals surface area (Å²) in [5.41, 5.74) is 0.937. The molecule has 0 bridgehead atoms. The summed E-state index contributed by atoms with van der Waals surface area (Å²) in [4.78, 5) is 34.8. The first kappa shape index (κ1) is 20.7. The monoisotopic (exact) mass is 434 g/mol. The van der Waals surface area contributed by atoms with Crippen molar-refractivity contribution < 1.29 is 17.6 Å². The Morgan fingerprint density at radius 3 is 2.63 bits per heavy atom. The zero-order valence-electron chi connectivity index (χ0n) is 16.6. The second-order valence-corrected chi connectivity index (χ2v) is 9.72. The van der Waals surface area contributed by atoms with Crippen LogP contribution in [0.15, 0.2) is 29.1 Å². The van der Waals surface area contributed by atoms with Crippen molar-refractivity contribution in [3.63, 3.8) is 0 Å². The fourth-order valence-corrected chi connectivity index (χ4v) is 4.86. The molecule has 30 heavy (non-hydrogen) atoms. The van der Waals surface area contributed by atoms with Gasteiger partial charge < -0.3 is 9.88 Å². The number of nitrogens with zero attached hydrogens (tertiary/aromatic N) is 3. The van der Waals surface area contributed by atoms with Crippen molar-refractivity contribution in [2.24, 2.45) is 0 Å². The minimum absolute atomic E-state index is 0.000326. The smallest absolute Gasteiger partial charge is 0.255 e. The van der Waals surface area contributed by atoms with Crippen molar-refractivity contribution in [1.82, 2.24) is 19.2 Å². The molecule has 1 aromatic heterocycles. The number of aromatic amines is 1. The first-order chi connectivity index (χ1) is 14.2. The lowest BCUT2D eigenvalue weighted by Crippen LogP contribution is -2.42. The van der Waals surface area contributed by atoms with Crippen LogP contribution in [0.5, 0.6) is 0 Å². The van der Waals surface area contributed by atoms with E-state index in [1.54, 1.807) is 4.90 Å². The van der Waals surface area contributed by atoms with E-state index in [0.717, 1.165) is 19.1 Å². The Morgan fingerprint density at radius 2 is 1.93 bits per heavy atom. The van der Waals surface area contributed by atoms with Crippen molar-refractivity contribution in [3.05, 3.63) is 63.1 Å². The molecule has 0 saturated carbocycles. The quantitative estimate of drug-likeness (QED) is 0.790. The number of benzene rings is 1. The maximum Gasteiger partial charge on any atom is 0.255 e. The second-order valence-electron chi connectivity index (χ2n) is 7.74. The van der Waals surface area contributed by atoms with Crippen LogP contribution in [0.2, 0.25) is 0 Å². The summed E-state index contributed by atoms with van der Waals surface area (Å²) in [7, 11) is -3.40. The first-order valence-electron chi connectivity index (χ1n) is 9.87. The zero-order valence-corrected chi connectivity index (χ0v) is 17.4. The number of amides is 1. The number of piperidine rings is 1. The van der Waals surface area contributed by atoms with Gasteiger partial charge >= 0.3 is 0 Å². The van der Waals surface area contributed by atoms with Crippen LogP contribution in [0.3, 0.4) is 0 Å². The molecule has 2 aromatic rings. The molecule has 1 saturated heterocycles. The zero-order chi connectivity index (χ0) is 21.5. The summed E-state index contributed by atoms with van der Waals surface area (Å²) in [5.74, 6) is -0.226. The lowest BCUT2D eigenvalue weighted by molar-refractivity contribution is 0.0598. The number of likely N-dealkylation sites (tertiary alicyclic amines) is 1. The summed E-state index contributed by atoms with van der Waals surface area (Å²) in [6.45, 7) is 0.786. The number of fused-ring (bicyclic) bond motifs is 1. The van der Waals surface area contributed by atoms with Crippen molar-refractivity contribution in [1.29, 1.82) is 0 Å². The highest BCUT2D eigenvalue weighted by molar-refractivity contribution is 7.88. The van der Waals surface area contributed by atoms with Gasteiger partial charge in [-0.1, -0.05) is 0 Å². The molecule has 0 unspecified atom stereocenters. The number of hydrogen-bond acceptors (Lipinski definition) is 5. The molecule has 3 heterocycles. The predicted molar refractivity (Wildman–Crippen MR) is 108 cm³/mol. The standard InChI is InChI=1S/C20H23FN4O4S/c1-30(28,29)24-11-9-16-15(12-24)19(26)23-18(22-16)17-4-2-3-10-25(17)20(27)13-5-7-14(21)8-6-13/h5-8,17H,2-4,9-12H2,1H3,(H,22,23,26)/t17-/m0/s1. The minimum atomic E-state index is -3.40. The van der Waals surface area contributed by atoms with Crippen LogP contribution in [0, 0.1) is 5.82 Å². The average molecular weight is 434 g/mol. The van der Waals surface area contributed by atoms with E-state index in [1.807, 2.05) is 0 Å². The number of carbonyl (C=O) groups is 1. The summed E-state index contributed by atoms with van der Waals surface area (Å²) in [5, 5.41) is 0. The van der Waals surface area contributed by atoms with E-state index in [-0.39, 0.29) is 30.6 Å². The van der Waals surface area contributed by atoms with Gasteiger partial charge in [-0.05, 0) is 43.5 Å². The Labute approximate surface area is 173 Å². The van der Waals surface area contributed by atoms with Crippen LogP contribution >= 0.6 is 0 Å². The van der Waals surface area contributed by atoms with Crippen molar-refractivity contribution >= 4 is 15.9 Å². The Kier molecular flexibility index (Phi) is 5.46. The molecule has 0 aliphatic carbocycles. The number of carbonyl (C=O) groups excluding carboxylic acids is 1. The molecule has 1 aromatic carbocycles. The largest absolute Gasteiger partial charge is 0.328 e. The molecular formula is C20H23FN4O4S. The maximum atomic E-state index is 13.2. The van der Waals surface area contributed by atoms with E-state index in [1.165, 1.54) is 28.6 Å². The number of H-pyrrole nitrogens is 1. The molecule has 2 aliphatic heterocycles. The van der Waals surface area contributed by atoms with Gasteiger partial charge in [0.15, 0.2) is 0 Å². The van der Waals surface area contributed by atoms with Crippen molar-refractivity contribution in [2.45, 2.75) is 38.3 Å². The van der Waals surface area contributed by atoms with E-state index in [9.17, 15) is 22.4 Å². The summed E-state index contributed by atoms with van der Waals surface area (Å²) < 4.78 is 38.1. The Balaban J connectivity index is 1.65. The second kappa shape index (κ2) is 7.92. The number of aromatic nitrogens is 2. The SMILES string of the molecule is CS(=O)(=O)N1CCc2nc([C@@H]3CCCCN3C(=O)c3ccc(F)cc3)[nH]c(=O)c2C1. The van der Waals surface area contributed by atoms with Gasteiger partial charge in [0.05, 0.1) is 23.6 Å². The fourth-order valence-electron chi connectivity index (χ4n) is 4.08. The Morgan fingerprint density at radius 1 is 1.20 bits per heavy atom. The molecule has 160 valence electrons. The topological polar surface area (TPSA) is 103 Å². The van der Waals surface area contributed by atoms with Gasteiger partial charge in [0.1, 0.15) is 11.6 Å². The molecule has 2 aliphatic rings. The number of halogens is 1. The molecule has 1 amide bonds. The van der Waals surface area contributed by atoms with E-state index >= 15 is 0 Å². The molecule has 4 rings (SSSR count). The lowest BCUT2D eigenvalue weighted by atomic mass is 9.99. The minimum Gasteiger partial charge on any atom is -0.328 e. The van der Waals surface area contributed by atoms with Crippen LogP contribution in [-0.4, -0.2) is 52.8 Å². The van der Waals surface area contributed by atoms with Crippen LogP contribution in [0.25, 0.3) is 0 Å². The van der Waals surface area contributed by atoms with E-state index in [2.05, 4.69) is 9.97 Å². The van der Waals surface area contributed by atoms with Gasteiger partial charge in [-0.3, -0.25) is 9.59 Å². The van der Waals surface area contributed by atoms with Crippen molar-refractivity contribution in [3.8, 4) is 0 Å². The fraction of sp³-hybridized carbons (Fsp3) is 0.450. The van der Waals surface area contributed by atoms with Gasteiger partial charge in [-0.2, -0.15) is 4.31 Å².